The van der Waals surface area contributed by atoms with Crippen LogP contribution in [0.3, 0.4) is 0 Å². The quantitative estimate of drug-likeness (QED) is 0.0884. The van der Waals surface area contributed by atoms with Crippen molar-refractivity contribution in [2.45, 2.75) is 22.9 Å². The first kappa shape index (κ1) is 30.1. The van der Waals surface area contributed by atoms with Crippen LogP contribution in [0.4, 0.5) is 16.2 Å². The van der Waals surface area contributed by atoms with Crippen LogP contribution in [-0.4, -0.2) is 102 Å². The molecule has 0 aliphatic carbocycles. The summed E-state index contributed by atoms with van der Waals surface area (Å²) in [5.41, 5.74) is 8.24. The molecule has 0 N–H and O–H groups in total. The Hall–Kier alpha value is -4.60. The van der Waals surface area contributed by atoms with Crippen molar-refractivity contribution in [1.29, 1.82) is 0 Å². The van der Waals surface area contributed by atoms with Crippen LogP contribution in [0.1, 0.15) is 18.0 Å². The summed E-state index contributed by atoms with van der Waals surface area (Å²) >= 11 is 0. The highest BCUT2D eigenvalue weighted by Gasteiger charge is 2.71. The van der Waals surface area contributed by atoms with Crippen molar-refractivity contribution in [3.8, 4) is 0 Å². The van der Waals surface area contributed by atoms with E-state index in [1.54, 1.807) is 17.0 Å². The number of hydrogen-bond acceptors (Lipinski definition) is 9. The molecule has 3 amide bonds. The second-order valence-electron chi connectivity index (χ2n) is 11.9. The number of ether oxygens (including phenoxy) is 1. The highest BCUT2D eigenvalue weighted by molar-refractivity contribution is 7.89. The molecule has 0 radical (unpaired) electrons. The van der Waals surface area contributed by atoms with E-state index < -0.39 is 55.0 Å². The summed E-state index contributed by atoms with van der Waals surface area (Å²) in [7, 11) is -4.40. The SMILES string of the molecule is [N-]=[N+]=Nc1ccc([C@@H]2C[C@@H]3CN(S(=O)(=O)c4ccccc4[N+](=O)[O-])CC34C(=O)N(CCN3CCOCC3)C(=O)N24)c2ccccc12. The van der Waals surface area contributed by atoms with E-state index in [0.717, 1.165) is 21.3 Å². The van der Waals surface area contributed by atoms with Crippen molar-refractivity contribution in [2.75, 3.05) is 52.5 Å². The van der Waals surface area contributed by atoms with E-state index in [0.29, 0.717) is 50.3 Å². The van der Waals surface area contributed by atoms with Gasteiger partial charge in [-0.2, -0.15) is 4.31 Å². The van der Waals surface area contributed by atoms with Gasteiger partial charge in [0.15, 0.2) is 4.90 Å². The molecule has 7 rings (SSSR count). The van der Waals surface area contributed by atoms with E-state index in [-0.39, 0.29) is 19.6 Å². The molecule has 1 spiro atoms. The number of urea groups is 1. The molecule has 3 atom stereocenters. The second-order valence-corrected chi connectivity index (χ2v) is 13.8. The molecule has 1 unspecified atom stereocenters. The Morgan fingerprint density at radius 2 is 1.74 bits per heavy atom. The molecule has 4 saturated heterocycles. The maximum atomic E-state index is 14.5. The van der Waals surface area contributed by atoms with Crippen LogP contribution in [0.15, 0.2) is 70.7 Å². The smallest absolute Gasteiger partial charge is 0.328 e. The van der Waals surface area contributed by atoms with Crippen molar-refractivity contribution in [3.63, 3.8) is 0 Å². The fourth-order valence-electron chi connectivity index (χ4n) is 7.56. The predicted octanol–water partition coefficient (Wildman–Crippen LogP) is 3.79. The minimum absolute atomic E-state index is 0.0908. The Kier molecular flexibility index (Phi) is 7.41. The molecule has 4 aliphatic rings. The lowest BCUT2D eigenvalue weighted by Gasteiger charge is -2.32. The highest BCUT2D eigenvalue weighted by atomic mass is 32.2. The first-order chi connectivity index (χ1) is 22.2. The lowest BCUT2D eigenvalue weighted by molar-refractivity contribution is -0.387. The number of nitrogens with zero attached hydrogens (tertiary/aromatic N) is 8. The van der Waals surface area contributed by atoms with Crippen molar-refractivity contribution in [3.05, 3.63) is 86.8 Å². The lowest BCUT2D eigenvalue weighted by atomic mass is 9.87. The number of azide groups is 1. The van der Waals surface area contributed by atoms with Gasteiger partial charge in [0.1, 0.15) is 5.54 Å². The average molecular weight is 647 g/mol. The van der Waals surface area contributed by atoms with Gasteiger partial charge in [0.25, 0.3) is 11.6 Å². The van der Waals surface area contributed by atoms with E-state index in [9.17, 15) is 28.1 Å². The molecule has 0 bridgehead atoms. The molecule has 46 heavy (non-hydrogen) atoms. The van der Waals surface area contributed by atoms with Gasteiger partial charge in [-0.15, -0.1) is 0 Å². The average Bonchev–Trinajstić information content (AvgIpc) is 3.66. The van der Waals surface area contributed by atoms with Crippen molar-refractivity contribution in [2.24, 2.45) is 11.0 Å². The number of amides is 3. The minimum Gasteiger partial charge on any atom is -0.379 e. The van der Waals surface area contributed by atoms with Crippen molar-refractivity contribution >= 4 is 44.1 Å². The monoisotopic (exact) mass is 646 g/mol. The normalized spacial score (nSPS) is 25.1. The molecule has 4 heterocycles. The van der Waals surface area contributed by atoms with E-state index in [2.05, 4.69) is 14.9 Å². The zero-order chi connectivity index (χ0) is 32.2. The van der Waals surface area contributed by atoms with Gasteiger partial charge in [-0.1, -0.05) is 53.6 Å². The third-order valence-electron chi connectivity index (χ3n) is 9.69. The first-order valence-electron chi connectivity index (χ1n) is 14.9. The minimum atomic E-state index is -4.40. The summed E-state index contributed by atoms with van der Waals surface area (Å²) in [5.74, 6) is -1.04. The van der Waals surface area contributed by atoms with Gasteiger partial charge in [0, 0.05) is 61.9 Å². The Bertz CT molecular complexity index is 1930. The molecule has 4 fully saturated rings. The van der Waals surface area contributed by atoms with E-state index in [1.807, 2.05) is 24.3 Å². The molecule has 3 aromatic rings. The number of sulfonamides is 1. The van der Waals surface area contributed by atoms with E-state index in [4.69, 9.17) is 10.3 Å². The van der Waals surface area contributed by atoms with Gasteiger partial charge >= 0.3 is 6.03 Å². The van der Waals surface area contributed by atoms with Crippen LogP contribution in [-0.2, 0) is 19.6 Å². The molecular formula is C30H30N8O7S. The third kappa shape index (κ3) is 4.52. The maximum absolute atomic E-state index is 14.5. The molecule has 3 aromatic carbocycles. The number of nitro groups is 1. The number of fused-ring (bicyclic) bond motifs is 1. The van der Waals surface area contributed by atoms with Crippen LogP contribution in [0.5, 0.6) is 0 Å². The number of rotatable bonds is 8. The number of para-hydroxylation sites is 1. The highest BCUT2D eigenvalue weighted by Crippen LogP contribution is 2.56. The number of hydrogen-bond donors (Lipinski definition) is 0. The van der Waals surface area contributed by atoms with Gasteiger partial charge in [-0.25, -0.2) is 13.2 Å². The fraction of sp³-hybridized carbons (Fsp3) is 0.400. The molecule has 0 saturated carbocycles. The van der Waals surface area contributed by atoms with Crippen LogP contribution in [0, 0.1) is 16.0 Å². The summed E-state index contributed by atoms with van der Waals surface area (Å²) < 4.78 is 34.4. The predicted molar refractivity (Wildman–Crippen MR) is 164 cm³/mol. The van der Waals surface area contributed by atoms with Crippen LogP contribution < -0.4 is 0 Å². The summed E-state index contributed by atoms with van der Waals surface area (Å²) in [5, 5.41) is 17.0. The van der Waals surface area contributed by atoms with Gasteiger partial charge in [-0.05, 0) is 34.4 Å². The number of carbonyl (C=O) groups excluding carboxylic acids is 2. The van der Waals surface area contributed by atoms with Gasteiger partial charge < -0.3 is 9.64 Å². The summed E-state index contributed by atoms with van der Waals surface area (Å²) in [4.78, 5) is 47.2. The van der Waals surface area contributed by atoms with Crippen LogP contribution in [0.2, 0.25) is 0 Å². The van der Waals surface area contributed by atoms with E-state index in [1.165, 1.54) is 23.1 Å². The Balaban J connectivity index is 1.30. The lowest BCUT2D eigenvalue weighted by Crippen LogP contribution is -2.52. The third-order valence-corrected chi connectivity index (χ3v) is 11.5. The van der Waals surface area contributed by atoms with Gasteiger partial charge in [0.2, 0.25) is 10.0 Å². The molecule has 4 aliphatic heterocycles. The van der Waals surface area contributed by atoms with Crippen molar-refractivity contribution < 1.29 is 27.7 Å². The number of benzene rings is 3. The fourth-order valence-corrected chi connectivity index (χ4v) is 9.24. The van der Waals surface area contributed by atoms with Gasteiger partial charge in [-0.3, -0.25) is 24.7 Å². The summed E-state index contributed by atoms with van der Waals surface area (Å²) in [6.45, 7) is 2.61. The van der Waals surface area contributed by atoms with Crippen LogP contribution in [0.25, 0.3) is 21.2 Å². The van der Waals surface area contributed by atoms with Gasteiger partial charge in [0.05, 0.1) is 24.2 Å². The molecule has 0 aromatic heterocycles. The second kappa shape index (κ2) is 11.3. The number of carbonyl (C=O) groups is 2. The number of nitro benzene ring substituents is 1. The Labute approximate surface area is 263 Å². The molecule has 15 nitrogen and oxygen atoms in total. The number of morpholine rings is 1. The topological polar surface area (TPSA) is 182 Å². The molecular weight excluding hydrogens is 616 g/mol. The Morgan fingerprint density at radius 3 is 2.48 bits per heavy atom. The first-order valence-corrected chi connectivity index (χ1v) is 16.4. The number of imide groups is 1. The standard InChI is InChI=1S/C30H30N8O7S/c31-33-32-24-10-9-23(21-5-1-2-6-22(21)24)26-17-20-18-35(46(43,44)27-8-4-3-7-25(27)38(41)42)19-30(20)28(39)36(29(40)37(26)30)12-11-34-13-15-45-16-14-34/h1-10,20,26H,11-19H2/t20-,26+,30?/m1/s1. The van der Waals surface area contributed by atoms with E-state index >= 15 is 0 Å². The molecule has 238 valence electrons. The summed E-state index contributed by atoms with van der Waals surface area (Å²) in [6, 6.07) is 14.9. The van der Waals surface area contributed by atoms with Crippen molar-refractivity contribution in [1.82, 2.24) is 19.0 Å². The molecule has 16 heteroatoms. The largest absolute Gasteiger partial charge is 0.379 e. The van der Waals surface area contributed by atoms with Crippen LogP contribution >= 0.6 is 0 Å². The zero-order valence-electron chi connectivity index (χ0n) is 24.6. The zero-order valence-corrected chi connectivity index (χ0v) is 25.5. The summed E-state index contributed by atoms with van der Waals surface area (Å²) in [6.07, 6.45) is 0.294. The maximum Gasteiger partial charge on any atom is 0.328 e. The Morgan fingerprint density at radius 1 is 1.02 bits per heavy atom.